The van der Waals surface area contributed by atoms with Crippen LogP contribution in [0.25, 0.3) is 0 Å². The minimum atomic E-state index is -3.93. The second-order valence-electron chi connectivity index (χ2n) is 4.37. The number of hydrogen-bond acceptors (Lipinski definition) is 5. The Balaban J connectivity index is 3.26. The molecule has 7 nitrogen and oxygen atoms in total. The average molecular weight is 321 g/mol. The van der Waals surface area contributed by atoms with Gasteiger partial charge >= 0.3 is 5.97 Å². The molecular formula is C11H19N3O4S2. The lowest BCUT2D eigenvalue weighted by Gasteiger charge is -2.25. The van der Waals surface area contributed by atoms with Crippen LogP contribution in [0.5, 0.6) is 0 Å². The molecule has 9 heteroatoms. The van der Waals surface area contributed by atoms with Gasteiger partial charge in [0.05, 0.1) is 0 Å². The fourth-order valence-corrected chi connectivity index (χ4v) is 4.34. The molecule has 20 heavy (non-hydrogen) atoms. The highest BCUT2D eigenvalue weighted by atomic mass is 32.2. The highest BCUT2D eigenvalue weighted by Crippen LogP contribution is 2.23. The van der Waals surface area contributed by atoms with Gasteiger partial charge < -0.3 is 5.11 Å². The normalized spacial score (nSPS) is 13.7. The number of rotatable bonds is 7. The summed E-state index contributed by atoms with van der Waals surface area (Å²) >= 11 is 1.54. The lowest BCUT2D eigenvalue weighted by atomic mass is 10.3. The first-order valence-corrected chi connectivity index (χ1v) is 8.85. The number of H-pyrrole nitrogens is 1. The van der Waals surface area contributed by atoms with E-state index in [1.54, 1.807) is 0 Å². The number of nitrogens with one attached hydrogen (secondary N) is 1. The first kappa shape index (κ1) is 17.0. The molecule has 1 heterocycles. The summed E-state index contributed by atoms with van der Waals surface area (Å²) in [4.78, 5) is 11.2. The second-order valence-corrected chi connectivity index (χ2v) is 7.20. The van der Waals surface area contributed by atoms with Crippen LogP contribution in [0.3, 0.4) is 0 Å². The number of carboxylic acid groups (broad SMARTS) is 1. The molecule has 0 spiro atoms. The Hall–Kier alpha value is -1.06. The molecule has 0 saturated carbocycles. The minimum Gasteiger partial charge on any atom is -0.478 e. The van der Waals surface area contributed by atoms with E-state index in [0.717, 1.165) is 0 Å². The molecule has 0 aromatic carbocycles. The number of nitrogens with zero attached hydrogens (tertiary/aromatic N) is 2. The Morgan fingerprint density at radius 1 is 1.55 bits per heavy atom. The van der Waals surface area contributed by atoms with Crippen LogP contribution >= 0.6 is 11.8 Å². The SMILES string of the molecule is CCC(CSC)N(C)S(=O)(=O)c1n[nH]c(C)c1C(=O)O. The van der Waals surface area contributed by atoms with Gasteiger partial charge in [0.1, 0.15) is 5.56 Å². The maximum Gasteiger partial charge on any atom is 0.340 e. The van der Waals surface area contributed by atoms with Crippen LogP contribution < -0.4 is 0 Å². The highest BCUT2D eigenvalue weighted by Gasteiger charge is 2.34. The maximum absolute atomic E-state index is 12.5. The predicted octanol–water partition coefficient (Wildman–Crippen LogP) is 1.18. The Bertz CT molecular complexity index is 582. The number of aryl methyl sites for hydroxylation is 1. The number of thioether (sulfide) groups is 1. The smallest absolute Gasteiger partial charge is 0.340 e. The monoisotopic (exact) mass is 321 g/mol. The standard InChI is InChI=1S/C11H19N3O4S2/c1-5-8(6-19-4)14(3)20(17,18)10-9(11(15)16)7(2)12-13-10/h8H,5-6H2,1-4H3,(H,12,13)(H,15,16). The summed E-state index contributed by atoms with van der Waals surface area (Å²) in [6.07, 6.45) is 2.53. The molecule has 0 fully saturated rings. The molecule has 0 aliphatic heterocycles. The van der Waals surface area contributed by atoms with Gasteiger partial charge in [-0.1, -0.05) is 6.92 Å². The average Bonchev–Trinajstić information content (AvgIpc) is 2.77. The molecule has 1 aromatic heterocycles. The van der Waals surface area contributed by atoms with Crippen molar-refractivity contribution in [2.45, 2.75) is 31.3 Å². The Morgan fingerprint density at radius 2 is 2.15 bits per heavy atom. The van der Waals surface area contributed by atoms with Crippen LogP contribution in [0.15, 0.2) is 5.03 Å². The van der Waals surface area contributed by atoms with Crippen molar-refractivity contribution in [1.29, 1.82) is 0 Å². The molecule has 2 N–H and O–H groups in total. The number of carbonyl (C=O) groups is 1. The molecule has 1 atom stereocenters. The van der Waals surface area contributed by atoms with Gasteiger partial charge in [0.2, 0.25) is 5.03 Å². The molecule has 1 aromatic rings. The summed E-state index contributed by atoms with van der Waals surface area (Å²) in [6, 6.07) is -0.200. The molecule has 0 radical (unpaired) electrons. The third-order valence-corrected chi connectivity index (χ3v) is 5.65. The highest BCUT2D eigenvalue weighted by molar-refractivity contribution is 7.98. The fraction of sp³-hybridized carbons (Fsp3) is 0.636. The quantitative estimate of drug-likeness (QED) is 0.781. The lowest BCUT2D eigenvalue weighted by Crippen LogP contribution is -2.39. The summed E-state index contributed by atoms with van der Waals surface area (Å²) < 4.78 is 26.2. The van der Waals surface area contributed by atoms with Gasteiger partial charge in [0.25, 0.3) is 10.0 Å². The van der Waals surface area contributed by atoms with E-state index in [9.17, 15) is 13.2 Å². The summed E-state index contributed by atoms with van der Waals surface area (Å²) in [5.74, 6) is -0.668. The Labute approximate surface area is 122 Å². The van der Waals surface area contributed by atoms with Gasteiger partial charge in [0, 0.05) is 24.5 Å². The van der Waals surface area contributed by atoms with Gasteiger partial charge in [0.15, 0.2) is 0 Å². The van der Waals surface area contributed by atoms with Crippen molar-refractivity contribution in [3.05, 3.63) is 11.3 Å². The summed E-state index contributed by atoms with van der Waals surface area (Å²) in [5, 5.41) is 14.8. The van der Waals surface area contributed by atoms with E-state index in [1.807, 2.05) is 13.2 Å². The third-order valence-electron chi connectivity index (χ3n) is 3.10. The number of hydrogen-bond donors (Lipinski definition) is 2. The third kappa shape index (κ3) is 3.15. The number of carboxylic acids is 1. The van der Waals surface area contributed by atoms with E-state index in [0.29, 0.717) is 12.2 Å². The second kappa shape index (κ2) is 6.59. The first-order valence-electron chi connectivity index (χ1n) is 6.02. The van der Waals surface area contributed by atoms with Crippen LogP contribution in [-0.2, 0) is 10.0 Å². The van der Waals surface area contributed by atoms with E-state index in [2.05, 4.69) is 10.2 Å². The van der Waals surface area contributed by atoms with Gasteiger partial charge in [-0.05, 0) is 19.6 Å². The van der Waals surface area contributed by atoms with Crippen molar-refractivity contribution in [2.24, 2.45) is 0 Å². The van der Waals surface area contributed by atoms with Crippen LogP contribution in [0.4, 0.5) is 0 Å². The van der Waals surface area contributed by atoms with Gasteiger partial charge in [-0.15, -0.1) is 0 Å². The predicted molar refractivity (Wildman–Crippen MR) is 77.7 cm³/mol. The van der Waals surface area contributed by atoms with E-state index < -0.39 is 21.0 Å². The van der Waals surface area contributed by atoms with Gasteiger partial charge in [-0.25, -0.2) is 13.2 Å². The topological polar surface area (TPSA) is 103 Å². The zero-order valence-corrected chi connectivity index (χ0v) is 13.5. The Morgan fingerprint density at radius 3 is 2.60 bits per heavy atom. The molecule has 0 aliphatic rings. The van der Waals surface area contributed by atoms with Crippen LogP contribution in [0.1, 0.15) is 29.4 Å². The minimum absolute atomic E-state index is 0.200. The van der Waals surface area contributed by atoms with Crippen molar-refractivity contribution < 1.29 is 18.3 Å². The van der Waals surface area contributed by atoms with Crippen molar-refractivity contribution >= 4 is 27.8 Å². The zero-order chi connectivity index (χ0) is 15.5. The zero-order valence-electron chi connectivity index (χ0n) is 11.9. The van der Waals surface area contributed by atoms with E-state index in [1.165, 1.54) is 30.0 Å². The van der Waals surface area contributed by atoms with Crippen LogP contribution in [-0.4, -0.2) is 59.1 Å². The van der Waals surface area contributed by atoms with E-state index in [-0.39, 0.29) is 17.3 Å². The molecule has 0 saturated heterocycles. The summed E-state index contributed by atoms with van der Waals surface area (Å²) in [7, 11) is -2.48. The Kier molecular flexibility index (Phi) is 5.60. The maximum atomic E-state index is 12.5. The van der Waals surface area contributed by atoms with E-state index >= 15 is 0 Å². The lowest BCUT2D eigenvalue weighted by molar-refractivity contribution is 0.0691. The molecule has 0 aliphatic carbocycles. The van der Waals surface area contributed by atoms with Gasteiger partial charge in [-0.2, -0.15) is 21.2 Å². The molecule has 114 valence electrons. The molecule has 0 bridgehead atoms. The molecule has 0 amide bonds. The number of aromatic nitrogens is 2. The number of sulfonamides is 1. The van der Waals surface area contributed by atoms with Crippen molar-refractivity contribution in [3.8, 4) is 0 Å². The summed E-state index contributed by atoms with van der Waals surface area (Å²) in [6.45, 7) is 3.37. The van der Waals surface area contributed by atoms with Crippen molar-refractivity contribution in [2.75, 3.05) is 19.1 Å². The molecule has 1 rings (SSSR count). The van der Waals surface area contributed by atoms with E-state index in [4.69, 9.17) is 5.11 Å². The van der Waals surface area contributed by atoms with Gasteiger partial charge in [-0.3, -0.25) is 5.10 Å². The fourth-order valence-electron chi connectivity index (χ4n) is 1.85. The molecular weight excluding hydrogens is 302 g/mol. The summed E-state index contributed by atoms with van der Waals surface area (Å²) in [5.41, 5.74) is -0.0711. The van der Waals surface area contributed by atoms with Crippen molar-refractivity contribution in [1.82, 2.24) is 14.5 Å². The van der Waals surface area contributed by atoms with Crippen LogP contribution in [0, 0.1) is 6.92 Å². The van der Waals surface area contributed by atoms with Crippen molar-refractivity contribution in [3.63, 3.8) is 0 Å². The van der Waals surface area contributed by atoms with Crippen LogP contribution in [0.2, 0.25) is 0 Å². The number of aromatic amines is 1. The first-order chi connectivity index (χ1) is 9.27. The largest absolute Gasteiger partial charge is 0.478 e. The molecule has 1 unspecified atom stereocenters. The number of aromatic carboxylic acids is 1.